The summed E-state index contributed by atoms with van der Waals surface area (Å²) in [5.41, 5.74) is 2.35. The maximum atomic E-state index is 10.5. The van der Waals surface area contributed by atoms with E-state index in [-0.39, 0.29) is 86.1 Å². The Morgan fingerprint density at radius 3 is 1.12 bits per heavy atom. The van der Waals surface area contributed by atoms with Crippen LogP contribution < -0.4 is 10.2 Å². The van der Waals surface area contributed by atoms with E-state index in [4.69, 9.17) is 9.47 Å². The van der Waals surface area contributed by atoms with E-state index in [0.29, 0.717) is 38.9 Å². The predicted octanol–water partition coefficient (Wildman–Crippen LogP) is 9.95. The van der Waals surface area contributed by atoms with Crippen LogP contribution in [-0.2, 0) is 32.3 Å². The molecule has 0 aromatic heterocycles. The van der Waals surface area contributed by atoms with Crippen molar-refractivity contribution in [2.24, 2.45) is 0 Å². The number of aliphatic carboxylic acids is 2. The topological polar surface area (TPSA) is 139 Å². The van der Waals surface area contributed by atoms with Gasteiger partial charge in [0.15, 0.2) is 0 Å². The summed E-state index contributed by atoms with van der Waals surface area (Å²) in [6.45, 7) is 5.66. The first-order chi connectivity index (χ1) is 28.2. The van der Waals surface area contributed by atoms with Gasteiger partial charge in [-0.1, -0.05) is 190 Å². The minimum atomic E-state index is -0.961. The summed E-state index contributed by atoms with van der Waals surface area (Å²) in [4.78, 5) is 20.8. The molecule has 8 nitrogen and oxygen atoms in total. The Bertz CT molecular complexity index is 1110. The molecule has 332 valence electrons. The Balaban J connectivity index is 0.00000112. The number of carboxylic acid groups (broad SMARTS) is 2. The van der Waals surface area contributed by atoms with Crippen molar-refractivity contribution in [3.63, 3.8) is 0 Å². The molecule has 0 bridgehead atoms. The molecule has 0 saturated carbocycles. The van der Waals surface area contributed by atoms with E-state index < -0.39 is 11.9 Å². The smallest absolute Gasteiger partial charge is 0.550 e. The first-order valence-corrected chi connectivity index (χ1v) is 23.3. The van der Waals surface area contributed by atoms with E-state index in [0.717, 1.165) is 89.9 Å². The molecule has 0 radical (unpaired) electrons. The van der Waals surface area contributed by atoms with Crippen LogP contribution in [0.1, 0.15) is 205 Å². The second kappa shape index (κ2) is 42.1. The fourth-order valence-electron chi connectivity index (χ4n) is 7.27. The number of unbranched alkanes of at least 4 members (excludes halogenated alkanes) is 16. The molecule has 0 fully saturated rings. The van der Waals surface area contributed by atoms with Gasteiger partial charge in [-0.2, -0.15) is 0 Å². The van der Waals surface area contributed by atoms with E-state index in [9.17, 15) is 30.0 Å². The normalized spacial score (nSPS) is 13.1. The van der Waals surface area contributed by atoms with Gasteiger partial charge in [-0.15, -0.1) is 0 Å². The molecule has 0 spiro atoms. The molecule has 0 aliphatic carbocycles. The van der Waals surface area contributed by atoms with Crippen LogP contribution in [0.5, 0.6) is 0 Å². The van der Waals surface area contributed by atoms with Crippen LogP contribution >= 0.6 is 0 Å². The number of rotatable bonds is 38. The van der Waals surface area contributed by atoms with Crippen LogP contribution in [-0.4, -0.2) is 95.4 Å². The van der Waals surface area contributed by atoms with Gasteiger partial charge in [-0.25, -0.2) is 0 Å². The first kappa shape index (κ1) is 57.8. The van der Waals surface area contributed by atoms with Crippen molar-refractivity contribution in [2.75, 3.05) is 0 Å². The SMILES string of the molecule is CCCCCCCC(CC(O)CCCCCCCC(=O)[O-])OCc1ccccc1.CCCCCCCC(CC(O)CCCCCCCC(=O)[O-])OCc1ccccc1.[Ba+2]. The second-order valence-electron chi connectivity index (χ2n) is 16.4. The summed E-state index contributed by atoms with van der Waals surface area (Å²) >= 11 is 0. The number of hydrogen-bond donors (Lipinski definition) is 2. The maximum Gasteiger partial charge on any atom is 2.00 e. The Morgan fingerprint density at radius 1 is 0.475 bits per heavy atom. The Labute approximate surface area is 400 Å². The molecule has 4 unspecified atom stereocenters. The number of aliphatic hydroxyl groups excluding tert-OH is 2. The Morgan fingerprint density at radius 2 is 0.780 bits per heavy atom. The Kier molecular flexibility index (Phi) is 41.2. The standard InChI is InChI=1S/2C25H42O4.Ba/c2*1-2-3-4-6-13-18-24(29-21-22-15-10-9-11-16-22)20-23(26)17-12-7-5-8-14-19-25(27)28;/h2*9-11,15-16,23-24,26H,2-8,12-14,17-21H2,1H3,(H,27,28);/q;;+2/p-2. The molecular weight excluding hydrogens is 866 g/mol. The van der Waals surface area contributed by atoms with Crippen molar-refractivity contribution in [2.45, 2.75) is 231 Å². The van der Waals surface area contributed by atoms with E-state index in [1.165, 1.54) is 62.5 Å². The maximum absolute atomic E-state index is 10.5. The number of benzene rings is 2. The molecule has 0 amide bonds. The zero-order chi connectivity index (χ0) is 42.3. The van der Waals surface area contributed by atoms with Crippen molar-refractivity contribution >= 4 is 60.8 Å². The third-order valence-corrected chi connectivity index (χ3v) is 10.8. The van der Waals surface area contributed by atoms with Gasteiger partial charge in [0.25, 0.3) is 0 Å². The van der Waals surface area contributed by atoms with Crippen LogP contribution in [0, 0.1) is 0 Å². The van der Waals surface area contributed by atoms with E-state index in [2.05, 4.69) is 38.1 Å². The molecule has 2 rings (SSSR count). The summed E-state index contributed by atoms with van der Waals surface area (Å²) in [6, 6.07) is 20.4. The molecular formula is C50H82BaO8. The fraction of sp³-hybridized carbons (Fsp3) is 0.720. The fourth-order valence-corrected chi connectivity index (χ4v) is 7.27. The van der Waals surface area contributed by atoms with Gasteiger partial charge < -0.3 is 39.5 Å². The number of carboxylic acids is 2. The quantitative estimate of drug-likeness (QED) is 0.0501. The number of hydrogen-bond acceptors (Lipinski definition) is 8. The number of carbonyl (C=O) groups is 2. The molecule has 2 N–H and O–H groups in total. The molecule has 9 heteroatoms. The van der Waals surface area contributed by atoms with Gasteiger partial charge in [0.05, 0.1) is 37.6 Å². The van der Waals surface area contributed by atoms with Crippen LogP contribution in [0.4, 0.5) is 0 Å². The van der Waals surface area contributed by atoms with Gasteiger partial charge >= 0.3 is 48.9 Å². The number of carbonyl (C=O) groups excluding carboxylic acids is 2. The largest absolute Gasteiger partial charge is 2.00 e. The van der Waals surface area contributed by atoms with E-state index >= 15 is 0 Å². The molecule has 0 saturated heterocycles. The Hall–Kier alpha value is -1.21. The predicted molar refractivity (Wildman–Crippen MR) is 238 cm³/mol. The summed E-state index contributed by atoms with van der Waals surface area (Å²) < 4.78 is 12.3. The van der Waals surface area contributed by atoms with Gasteiger partial charge in [-0.3, -0.25) is 0 Å². The summed E-state index contributed by atoms with van der Waals surface area (Å²) in [7, 11) is 0. The van der Waals surface area contributed by atoms with Gasteiger partial charge in [-0.05, 0) is 75.3 Å². The molecule has 0 aliphatic heterocycles. The van der Waals surface area contributed by atoms with Crippen LogP contribution in [0.3, 0.4) is 0 Å². The van der Waals surface area contributed by atoms with Crippen molar-refractivity contribution in [1.29, 1.82) is 0 Å². The molecule has 4 atom stereocenters. The minimum absolute atomic E-state index is 0. The van der Waals surface area contributed by atoms with Gasteiger partial charge in [0.2, 0.25) is 0 Å². The molecule has 2 aromatic rings. The van der Waals surface area contributed by atoms with Crippen LogP contribution in [0.25, 0.3) is 0 Å². The molecule has 0 heterocycles. The average molecular weight is 949 g/mol. The monoisotopic (exact) mass is 949 g/mol. The van der Waals surface area contributed by atoms with Crippen molar-refractivity contribution in [3.8, 4) is 0 Å². The molecule has 2 aromatic carbocycles. The van der Waals surface area contributed by atoms with Gasteiger partial charge in [0, 0.05) is 11.9 Å². The summed E-state index contributed by atoms with van der Waals surface area (Å²) in [5.74, 6) is -1.92. The zero-order valence-corrected chi connectivity index (χ0v) is 41.8. The third kappa shape index (κ3) is 38.2. The molecule has 59 heavy (non-hydrogen) atoms. The zero-order valence-electron chi connectivity index (χ0n) is 37.3. The third-order valence-electron chi connectivity index (χ3n) is 10.8. The molecule has 0 aliphatic rings. The second-order valence-corrected chi connectivity index (χ2v) is 16.4. The number of ether oxygens (including phenoxy) is 2. The first-order valence-electron chi connectivity index (χ1n) is 23.3. The van der Waals surface area contributed by atoms with E-state index in [1.807, 2.05) is 36.4 Å². The minimum Gasteiger partial charge on any atom is -0.550 e. The number of aliphatic hydroxyl groups is 2. The van der Waals surface area contributed by atoms with Crippen LogP contribution in [0.15, 0.2) is 60.7 Å². The average Bonchev–Trinajstić information content (AvgIpc) is 3.21. The van der Waals surface area contributed by atoms with Crippen molar-refractivity contribution < 1.29 is 39.5 Å². The van der Waals surface area contributed by atoms with Crippen molar-refractivity contribution in [3.05, 3.63) is 71.8 Å². The van der Waals surface area contributed by atoms with Crippen molar-refractivity contribution in [1.82, 2.24) is 0 Å². The summed E-state index contributed by atoms with van der Waals surface area (Å²) in [5, 5.41) is 41.7. The van der Waals surface area contributed by atoms with Gasteiger partial charge in [0.1, 0.15) is 0 Å². The van der Waals surface area contributed by atoms with E-state index in [1.54, 1.807) is 0 Å². The van der Waals surface area contributed by atoms with Crippen LogP contribution in [0.2, 0.25) is 0 Å². The summed E-state index contributed by atoms with van der Waals surface area (Å²) in [6.07, 6.45) is 26.6.